The first kappa shape index (κ1) is 18.8. The number of unbranched alkanes of at least 4 members (excludes halogenated alkanes) is 3. The van der Waals surface area contributed by atoms with Crippen molar-refractivity contribution in [2.24, 2.45) is 5.92 Å². The van der Waals surface area contributed by atoms with Crippen molar-refractivity contribution in [2.75, 3.05) is 0 Å². The van der Waals surface area contributed by atoms with Crippen molar-refractivity contribution in [3.63, 3.8) is 0 Å². The smallest absolute Gasteiger partial charge is 0.113 e. The molecule has 0 N–H and O–H groups in total. The van der Waals surface area contributed by atoms with Crippen LogP contribution < -0.4 is 0 Å². The number of hydrogen-bond acceptors (Lipinski definition) is 0. The minimum absolute atomic E-state index is 0.198. The van der Waals surface area contributed by atoms with Crippen LogP contribution in [0.4, 0.5) is 0 Å². The maximum Gasteiger partial charge on any atom is 0.221 e. The standard InChI is InChI=1S/C17H32BCl/c1-7-9-11-13-16(19)18(14-12-10-8-2)17(5,6)15(3)4/h12-15H,7-11H2,1-6H3/b14-12+,16-13-. The van der Waals surface area contributed by atoms with E-state index in [9.17, 15) is 0 Å². The Kier molecular flexibility index (Phi) is 9.61. The Hall–Kier alpha value is -0.165. The van der Waals surface area contributed by atoms with E-state index in [1.165, 1.54) is 19.3 Å². The lowest BCUT2D eigenvalue weighted by Gasteiger charge is -2.34. The van der Waals surface area contributed by atoms with Crippen LogP contribution in [0.25, 0.3) is 0 Å². The van der Waals surface area contributed by atoms with Gasteiger partial charge in [-0.25, -0.2) is 0 Å². The molecule has 110 valence electrons. The van der Waals surface area contributed by atoms with Gasteiger partial charge in [0.25, 0.3) is 0 Å². The fraction of sp³-hybridized carbons (Fsp3) is 0.765. The summed E-state index contributed by atoms with van der Waals surface area (Å²) in [5.41, 5.74) is 0. The molecule has 0 heterocycles. The number of halogens is 1. The summed E-state index contributed by atoms with van der Waals surface area (Å²) in [7, 11) is 0. The molecule has 0 atom stereocenters. The van der Waals surface area contributed by atoms with Gasteiger partial charge in [0.15, 0.2) is 0 Å². The van der Waals surface area contributed by atoms with E-state index in [0.717, 1.165) is 17.8 Å². The molecule has 19 heavy (non-hydrogen) atoms. The normalized spacial score (nSPS) is 13.6. The third-order valence-electron chi connectivity index (χ3n) is 4.27. The Labute approximate surface area is 126 Å². The van der Waals surface area contributed by atoms with E-state index in [4.69, 9.17) is 11.6 Å². The van der Waals surface area contributed by atoms with Gasteiger partial charge in [0.05, 0.1) is 0 Å². The predicted octanol–water partition coefficient (Wildman–Crippen LogP) is 6.67. The van der Waals surface area contributed by atoms with Crippen molar-refractivity contribution < 1.29 is 0 Å². The van der Waals surface area contributed by atoms with Crippen LogP contribution in [0.5, 0.6) is 0 Å². The molecule has 0 aromatic heterocycles. The monoisotopic (exact) mass is 282 g/mol. The van der Waals surface area contributed by atoms with Crippen molar-refractivity contribution in [1.82, 2.24) is 0 Å². The summed E-state index contributed by atoms with van der Waals surface area (Å²) in [4.78, 5) is 1.03. The average molecular weight is 283 g/mol. The lowest BCUT2D eigenvalue weighted by Crippen LogP contribution is -2.31. The summed E-state index contributed by atoms with van der Waals surface area (Å²) in [5, 5.41) is 0.198. The average Bonchev–Trinajstić information content (AvgIpc) is 2.34. The molecule has 0 fully saturated rings. The fourth-order valence-corrected chi connectivity index (χ4v) is 2.49. The van der Waals surface area contributed by atoms with Crippen molar-refractivity contribution in [3.05, 3.63) is 23.1 Å². The van der Waals surface area contributed by atoms with Crippen LogP contribution in [0.3, 0.4) is 0 Å². The van der Waals surface area contributed by atoms with Gasteiger partial charge in [0, 0.05) is 0 Å². The molecule has 0 rings (SSSR count). The maximum atomic E-state index is 6.60. The highest BCUT2D eigenvalue weighted by Gasteiger charge is 2.35. The molecular weight excluding hydrogens is 250 g/mol. The Morgan fingerprint density at radius 1 is 1.16 bits per heavy atom. The van der Waals surface area contributed by atoms with Crippen LogP contribution >= 0.6 is 11.6 Å². The molecule has 0 amide bonds. The van der Waals surface area contributed by atoms with Gasteiger partial charge < -0.3 is 0 Å². The lowest BCUT2D eigenvalue weighted by atomic mass is 9.31. The summed E-state index contributed by atoms with van der Waals surface area (Å²) >= 11 is 6.60. The third kappa shape index (κ3) is 6.70. The van der Waals surface area contributed by atoms with Crippen molar-refractivity contribution in [3.8, 4) is 0 Å². The summed E-state index contributed by atoms with van der Waals surface area (Å²) < 4.78 is 0. The van der Waals surface area contributed by atoms with Gasteiger partial charge in [-0.1, -0.05) is 84.6 Å². The van der Waals surface area contributed by atoms with Gasteiger partial charge in [0.1, 0.15) is 0 Å². The molecule has 0 unspecified atom stereocenters. The van der Waals surface area contributed by atoms with E-state index in [1.54, 1.807) is 0 Å². The largest absolute Gasteiger partial charge is 0.221 e. The zero-order valence-electron chi connectivity index (χ0n) is 13.8. The van der Waals surface area contributed by atoms with Crippen LogP contribution in [0, 0.1) is 5.92 Å². The summed E-state index contributed by atoms with van der Waals surface area (Å²) in [6.07, 6.45) is 10.4. The SMILES string of the molecule is CCC/C=C/B(/C(Cl)=C/CCCC)C(C)(C)C(C)C. The van der Waals surface area contributed by atoms with Crippen LogP contribution in [0.15, 0.2) is 23.1 Å². The van der Waals surface area contributed by atoms with E-state index in [0.29, 0.717) is 12.6 Å². The van der Waals surface area contributed by atoms with E-state index >= 15 is 0 Å². The number of rotatable bonds is 9. The molecule has 2 heteroatoms. The van der Waals surface area contributed by atoms with E-state index in [-0.39, 0.29) is 5.31 Å². The summed E-state index contributed by atoms with van der Waals surface area (Å²) in [6, 6.07) is 0. The first-order chi connectivity index (χ1) is 8.87. The molecule has 0 saturated carbocycles. The Bertz CT molecular complexity index is 290. The molecule has 0 nitrogen and oxygen atoms in total. The first-order valence-corrected chi connectivity index (χ1v) is 8.27. The van der Waals surface area contributed by atoms with Gasteiger partial charge in [-0.05, 0) is 29.0 Å². The maximum absolute atomic E-state index is 6.60. The topological polar surface area (TPSA) is 0 Å². The Morgan fingerprint density at radius 2 is 1.79 bits per heavy atom. The second-order valence-electron chi connectivity index (χ2n) is 6.40. The molecule has 0 saturated heterocycles. The zero-order chi connectivity index (χ0) is 14.9. The molecule has 0 aliphatic rings. The van der Waals surface area contributed by atoms with E-state index < -0.39 is 0 Å². The van der Waals surface area contributed by atoms with E-state index in [1.807, 2.05) is 0 Å². The predicted molar refractivity (Wildman–Crippen MR) is 92.1 cm³/mol. The van der Waals surface area contributed by atoms with Crippen LogP contribution in [-0.4, -0.2) is 6.71 Å². The number of allylic oxidation sites excluding steroid dienone is 2. The summed E-state index contributed by atoms with van der Waals surface area (Å²) in [5.74, 6) is 2.94. The highest BCUT2D eigenvalue weighted by Crippen LogP contribution is 2.41. The Balaban J connectivity index is 5.00. The van der Waals surface area contributed by atoms with Gasteiger partial charge in [-0.2, -0.15) is 0 Å². The Morgan fingerprint density at radius 3 is 2.26 bits per heavy atom. The molecule has 0 aromatic rings. The minimum Gasteiger partial charge on any atom is -0.113 e. The van der Waals surface area contributed by atoms with Gasteiger partial charge in [-0.15, -0.1) is 5.98 Å². The van der Waals surface area contributed by atoms with Crippen LogP contribution in [-0.2, 0) is 0 Å². The zero-order valence-corrected chi connectivity index (χ0v) is 14.6. The van der Waals surface area contributed by atoms with E-state index in [2.05, 4.69) is 59.7 Å². The molecular formula is C17H32BCl. The van der Waals surface area contributed by atoms with Gasteiger partial charge >= 0.3 is 0 Å². The third-order valence-corrected chi connectivity index (χ3v) is 4.66. The van der Waals surface area contributed by atoms with Gasteiger partial charge in [0.2, 0.25) is 6.71 Å². The molecule has 0 spiro atoms. The van der Waals surface area contributed by atoms with Crippen LogP contribution in [0.2, 0.25) is 5.31 Å². The second kappa shape index (κ2) is 9.69. The lowest BCUT2D eigenvalue weighted by molar-refractivity contribution is 0.471. The highest BCUT2D eigenvalue weighted by atomic mass is 35.5. The summed E-state index contributed by atoms with van der Waals surface area (Å²) in [6.45, 7) is 14.0. The molecule has 0 radical (unpaired) electrons. The molecule has 0 aliphatic heterocycles. The highest BCUT2D eigenvalue weighted by molar-refractivity contribution is 6.83. The first-order valence-electron chi connectivity index (χ1n) is 7.90. The second-order valence-corrected chi connectivity index (χ2v) is 6.84. The molecule has 0 aromatic carbocycles. The number of hydrogen-bond donors (Lipinski definition) is 0. The van der Waals surface area contributed by atoms with Crippen LogP contribution in [0.1, 0.15) is 73.6 Å². The van der Waals surface area contributed by atoms with Crippen molar-refractivity contribution >= 4 is 18.3 Å². The molecule has 0 aliphatic carbocycles. The minimum atomic E-state index is 0.198. The van der Waals surface area contributed by atoms with Gasteiger partial charge in [-0.3, -0.25) is 0 Å². The molecule has 0 bridgehead atoms. The van der Waals surface area contributed by atoms with Crippen molar-refractivity contribution in [2.45, 2.75) is 79.0 Å². The quantitative estimate of drug-likeness (QED) is 0.327. The van der Waals surface area contributed by atoms with Crippen molar-refractivity contribution in [1.29, 1.82) is 0 Å². The fourth-order valence-electron chi connectivity index (χ4n) is 2.02.